The predicted molar refractivity (Wildman–Crippen MR) is 96.1 cm³/mol. The van der Waals surface area contributed by atoms with Crippen LogP contribution in [0.4, 0.5) is 0 Å². The SMILES string of the molecule is CCOC(=O)c1[nH]ncc1CN(Cc1cccnc1)Cc1ccsc1. The van der Waals surface area contributed by atoms with Crippen molar-refractivity contribution < 1.29 is 9.53 Å². The molecule has 6 nitrogen and oxygen atoms in total. The Hall–Kier alpha value is -2.51. The van der Waals surface area contributed by atoms with E-state index in [2.05, 4.69) is 43.0 Å². The van der Waals surface area contributed by atoms with Gasteiger partial charge >= 0.3 is 5.97 Å². The topological polar surface area (TPSA) is 71.1 Å². The molecule has 0 aliphatic heterocycles. The second-order valence-electron chi connectivity index (χ2n) is 5.63. The van der Waals surface area contributed by atoms with Crippen LogP contribution in [0, 0.1) is 0 Å². The number of hydrogen-bond acceptors (Lipinski definition) is 6. The van der Waals surface area contributed by atoms with Gasteiger partial charge < -0.3 is 4.74 Å². The lowest BCUT2D eigenvalue weighted by Crippen LogP contribution is -2.23. The number of thiophene rings is 1. The summed E-state index contributed by atoms with van der Waals surface area (Å²) < 4.78 is 5.10. The molecule has 3 aromatic rings. The second kappa shape index (κ2) is 8.55. The Balaban J connectivity index is 1.77. The number of aromatic nitrogens is 3. The second-order valence-corrected chi connectivity index (χ2v) is 6.41. The summed E-state index contributed by atoms with van der Waals surface area (Å²) in [5.41, 5.74) is 3.62. The first-order valence-electron chi connectivity index (χ1n) is 8.08. The number of hydrogen-bond donors (Lipinski definition) is 1. The largest absolute Gasteiger partial charge is 0.461 e. The maximum Gasteiger partial charge on any atom is 0.356 e. The molecule has 0 fully saturated rings. The molecular weight excluding hydrogens is 336 g/mol. The molecule has 0 saturated carbocycles. The average molecular weight is 356 g/mol. The molecule has 0 aliphatic carbocycles. The van der Waals surface area contributed by atoms with Gasteiger partial charge in [-0.3, -0.25) is 15.0 Å². The van der Waals surface area contributed by atoms with Gasteiger partial charge in [0.05, 0.1) is 12.8 Å². The lowest BCUT2D eigenvalue weighted by Gasteiger charge is -2.21. The Morgan fingerprint density at radius 1 is 1.24 bits per heavy atom. The standard InChI is InChI=1S/C18H20N4O2S/c1-2-24-18(23)17-16(9-20-21-17)12-22(11-15-5-7-25-13-15)10-14-4-3-6-19-8-14/h3-9,13H,2,10-12H2,1H3,(H,20,21). The quantitative estimate of drug-likeness (QED) is 0.627. The molecule has 25 heavy (non-hydrogen) atoms. The molecule has 0 spiro atoms. The minimum absolute atomic E-state index is 0.339. The smallest absolute Gasteiger partial charge is 0.356 e. The fourth-order valence-corrected chi connectivity index (χ4v) is 3.27. The van der Waals surface area contributed by atoms with Crippen LogP contribution in [0.5, 0.6) is 0 Å². The average Bonchev–Trinajstić information content (AvgIpc) is 3.28. The Morgan fingerprint density at radius 2 is 2.12 bits per heavy atom. The highest BCUT2D eigenvalue weighted by atomic mass is 32.1. The van der Waals surface area contributed by atoms with Gasteiger partial charge in [-0.1, -0.05) is 6.07 Å². The number of carbonyl (C=O) groups is 1. The fourth-order valence-electron chi connectivity index (χ4n) is 2.61. The number of H-pyrrole nitrogens is 1. The highest BCUT2D eigenvalue weighted by molar-refractivity contribution is 7.07. The predicted octanol–water partition coefficient (Wildman–Crippen LogP) is 3.25. The fraction of sp³-hybridized carbons (Fsp3) is 0.278. The number of rotatable bonds is 8. The molecule has 0 atom stereocenters. The Kier molecular flexibility index (Phi) is 5.92. The van der Waals surface area contributed by atoms with Crippen LogP contribution in [-0.4, -0.2) is 32.7 Å². The normalized spacial score (nSPS) is 11.0. The number of aromatic amines is 1. The van der Waals surface area contributed by atoms with E-state index in [-0.39, 0.29) is 5.97 Å². The Morgan fingerprint density at radius 3 is 2.84 bits per heavy atom. The van der Waals surface area contributed by atoms with Gasteiger partial charge in [-0.25, -0.2) is 4.79 Å². The van der Waals surface area contributed by atoms with E-state index in [0.29, 0.717) is 18.8 Å². The third kappa shape index (κ3) is 4.74. The summed E-state index contributed by atoms with van der Waals surface area (Å²) in [6, 6.07) is 6.10. The number of pyridine rings is 1. The van der Waals surface area contributed by atoms with Crippen molar-refractivity contribution in [2.24, 2.45) is 0 Å². The third-order valence-corrected chi connectivity index (χ3v) is 4.44. The van der Waals surface area contributed by atoms with E-state index in [0.717, 1.165) is 24.2 Å². The Labute approximate surface area is 150 Å². The van der Waals surface area contributed by atoms with Crippen LogP contribution in [0.1, 0.15) is 34.1 Å². The van der Waals surface area contributed by atoms with E-state index < -0.39 is 0 Å². The molecule has 3 aromatic heterocycles. The van der Waals surface area contributed by atoms with Gasteiger partial charge in [-0.15, -0.1) is 0 Å². The van der Waals surface area contributed by atoms with Crippen molar-refractivity contribution in [2.75, 3.05) is 6.61 Å². The van der Waals surface area contributed by atoms with Crippen molar-refractivity contribution in [2.45, 2.75) is 26.6 Å². The number of ether oxygens (including phenoxy) is 1. The summed E-state index contributed by atoms with van der Waals surface area (Å²) in [5, 5.41) is 11.0. The summed E-state index contributed by atoms with van der Waals surface area (Å²) in [6.45, 7) is 4.24. The van der Waals surface area contributed by atoms with Crippen LogP contribution < -0.4 is 0 Å². The first-order chi connectivity index (χ1) is 12.3. The molecule has 130 valence electrons. The molecule has 7 heteroatoms. The van der Waals surface area contributed by atoms with Gasteiger partial charge in [0.1, 0.15) is 5.69 Å². The van der Waals surface area contributed by atoms with E-state index in [9.17, 15) is 4.79 Å². The molecule has 3 heterocycles. The molecule has 3 rings (SSSR count). The van der Waals surface area contributed by atoms with Crippen molar-refractivity contribution in [1.82, 2.24) is 20.1 Å². The summed E-state index contributed by atoms with van der Waals surface area (Å²) in [6.07, 6.45) is 5.32. The van der Waals surface area contributed by atoms with Gasteiger partial charge in [0, 0.05) is 37.6 Å². The van der Waals surface area contributed by atoms with Crippen LogP contribution in [0.25, 0.3) is 0 Å². The molecule has 0 aromatic carbocycles. The lowest BCUT2D eigenvalue weighted by molar-refractivity contribution is 0.0516. The highest BCUT2D eigenvalue weighted by Crippen LogP contribution is 2.17. The van der Waals surface area contributed by atoms with Crippen LogP contribution >= 0.6 is 11.3 Å². The summed E-state index contributed by atoms with van der Waals surface area (Å²) >= 11 is 1.68. The molecule has 0 aliphatic rings. The van der Waals surface area contributed by atoms with E-state index in [1.165, 1.54) is 5.56 Å². The Bertz CT molecular complexity index is 787. The van der Waals surface area contributed by atoms with Crippen LogP contribution in [0.15, 0.2) is 47.5 Å². The van der Waals surface area contributed by atoms with Crippen molar-refractivity contribution in [3.8, 4) is 0 Å². The van der Waals surface area contributed by atoms with Crippen LogP contribution in [-0.2, 0) is 24.4 Å². The zero-order valence-electron chi connectivity index (χ0n) is 14.0. The zero-order valence-corrected chi connectivity index (χ0v) is 14.8. The summed E-state index contributed by atoms with van der Waals surface area (Å²) in [7, 11) is 0. The summed E-state index contributed by atoms with van der Waals surface area (Å²) in [5.74, 6) is -0.369. The first kappa shape index (κ1) is 17.3. The monoisotopic (exact) mass is 356 g/mol. The third-order valence-electron chi connectivity index (χ3n) is 3.71. The van der Waals surface area contributed by atoms with Gasteiger partial charge in [-0.2, -0.15) is 16.4 Å². The number of nitrogens with zero attached hydrogens (tertiary/aromatic N) is 3. The van der Waals surface area contributed by atoms with Gasteiger partial charge in [-0.05, 0) is 40.9 Å². The van der Waals surface area contributed by atoms with E-state index in [1.807, 2.05) is 12.3 Å². The highest BCUT2D eigenvalue weighted by Gasteiger charge is 2.18. The van der Waals surface area contributed by atoms with Crippen molar-refractivity contribution >= 4 is 17.3 Å². The van der Waals surface area contributed by atoms with Crippen LogP contribution in [0.3, 0.4) is 0 Å². The van der Waals surface area contributed by atoms with Gasteiger partial charge in [0.25, 0.3) is 0 Å². The number of carbonyl (C=O) groups excluding carboxylic acids is 1. The van der Waals surface area contributed by atoms with E-state index >= 15 is 0 Å². The molecule has 0 amide bonds. The van der Waals surface area contributed by atoms with Crippen molar-refractivity contribution in [3.63, 3.8) is 0 Å². The van der Waals surface area contributed by atoms with Gasteiger partial charge in [0.2, 0.25) is 0 Å². The maximum atomic E-state index is 12.1. The number of esters is 1. The molecule has 0 saturated heterocycles. The minimum atomic E-state index is -0.369. The number of nitrogens with one attached hydrogen (secondary N) is 1. The molecular formula is C18H20N4O2S. The van der Waals surface area contributed by atoms with Crippen LogP contribution in [0.2, 0.25) is 0 Å². The first-order valence-corrected chi connectivity index (χ1v) is 9.02. The molecule has 0 unspecified atom stereocenters. The minimum Gasteiger partial charge on any atom is -0.461 e. The molecule has 1 N–H and O–H groups in total. The molecule has 0 radical (unpaired) electrons. The molecule has 0 bridgehead atoms. The van der Waals surface area contributed by atoms with E-state index in [4.69, 9.17) is 4.74 Å². The zero-order chi connectivity index (χ0) is 17.5. The lowest BCUT2D eigenvalue weighted by atomic mass is 10.2. The van der Waals surface area contributed by atoms with Crippen molar-refractivity contribution in [3.05, 3.63) is 69.9 Å². The summed E-state index contributed by atoms with van der Waals surface area (Å²) in [4.78, 5) is 18.5. The van der Waals surface area contributed by atoms with Crippen molar-refractivity contribution in [1.29, 1.82) is 0 Å². The maximum absolute atomic E-state index is 12.1. The van der Waals surface area contributed by atoms with E-state index in [1.54, 1.807) is 30.7 Å². The van der Waals surface area contributed by atoms with Gasteiger partial charge in [0.15, 0.2) is 0 Å².